The fourth-order valence-corrected chi connectivity index (χ4v) is 3.70. The Morgan fingerprint density at radius 1 is 0.933 bits per heavy atom. The number of rotatable bonds is 6. The maximum atomic E-state index is 12.5. The minimum Gasteiger partial charge on any atom is -0.455 e. The number of fused-ring (bicyclic) bond motifs is 1. The van der Waals surface area contributed by atoms with E-state index in [9.17, 15) is 18.5 Å². The highest BCUT2D eigenvalue weighted by Gasteiger charge is 2.13. The first kappa shape index (κ1) is 19.3. The molecule has 0 amide bonds. The minimum absolute atomic E-state index is 0.0183. The SMILES string of the molecule is O=[N+]([O-])c1ccc(-c2ccc(C=NNS(=O)(=O)c3ccc4ccccc4c3)o2)cc1. The predicted octanol–water partition coefficient (Wildman–Crippen LogP) is 4.32. The summed E-state index contributed by atoms with van der Waals surface area (Å²) in [6, 6.07) is 21.5. The highest BCUT2D eigenvalue weighted by molar-refractivity contribution is 7.89. The van der Waals surface area contributed by atoms with Crippen LogP contribution in [0.1, 0.15) is 5.76 Å². The largest absolute Gasteiger partial charge is 0.455 e. The van der Waals surface area contributed by atoms with Crippen LogP contribution in [0.3, 0.4) is 0 Å². The van der Waals surface area contributed by atoms with Gasteiger partial charge in [-0.15, -0.1) is 0 Å². The average Bonchev–Trinajstić information content (AvgIpc) is 3.22. The van der Waals surface area contributed by atoms with Crippen LogP contribution in [0.5, 0.6) is 0 Å². The molecule has 0 bridgehead atoms. The molecule has 0 unspecified atom stereocenters. The van der Waals surface area contributed by atoms with Gasteiger partial charge in [-0.05, 0) is 47.2 Å². The number of benzene rings is 3. The summed E-state index contributed by atoms with van der Waals surface area (Å²) in [5.74, 6) is 0.799. The molecular weight excluding hydrogens is 406 g/mol. The molecule has 0 aliphatic carbocycles. The van der Waals surface area contributed by atoms with E-state index in [1.54, 1.807) is 36.4 Å². The van der Waals surface area contributed by atoms with Crippen molar-refractivity contribution >= 4 is 32.7 Å². The van der Waals surface area contributed by atoms with E-state index in [1.807, 2.05) is 24.3 Å². The van der Waals surface area contributed by atoms with E-state index in [-0.39, 0.29) is 10.6 Å². The Morgan fingerprint density at radius 2 is 1.67 bits per heavy atom. The number of nitro groups is 1. The van der Waals surface area contributed by atoms with Gasteiger partial charge in [0.15, 0.2) is 0 Å². The molecule has 0 saturated carbocycles. The standard InChI is InChI=1S/C21H15N3O5S/c25-24(26)18-8-5-16(6-9-18)21-12-10-19(29-21)14-22-23-30(27,28)20-11-7-15-3-1-2-4-17(15)13-20/h1-14,23H. The third kappa shape index (κ3) is 4.06. The number of nitrogens with zero attached hydrogens (tertiary/aromatic N) is 2. The smallest absolute Gasteiger partial charge is 0.276 e. The second-order valence-corrected chi connectivity index (χ2v) is 8.03. The molecule has 8 nitrogen and oxygen atoms in total. The molecule has 4 aromatic rings. The molecule has 1 N–H and O–H groups in total. The molecule has 0 fully saturated rings. The van der Waals surface area contributed by atoms with Crippen LogP contribution >= 0.6 is 0 Å². The molecule has 0 spiro atoms. The Bertz CT molecular complexity index is 1360. The van der Waals surface area contributed by atoms with Gasteiger partial charge in [0, 0.05) is 17.7 Å². The Morgan fingerprint density at radius 3 is 2.40 bits per heavy atom. The molecule has 0 aliphatic heterocycles. The molecule has 0 saturated heterocycles. The van der Waals surface area contributed by atoms with Crippen LogP contribution in [-0.2, 0) is 10.0 Å². The van der Waals surface area contributed by atoms with Crippen LogP contribution in [0.25, 0.3) is 22.1 Å². The molecule has 150 valence electrons. The van der Waals surface area contributed by atoms with Crippen molar-refractivity contribution in [1.29, 1.82) is 0 Å². The van der Waals surface area contributed by atoms with Crippen LogP contribution in [0.2, 0.25) is 0 Å². The fraction of sp³-hybridized carbons (Fsp3) is 0. The zero-order chi connectivity index (χ0) is 21.1. The summed E-state index contributed by atoms with van der Waals surface area (Å²) >= 11 is 0. The average molecular weight is 421 g/mol. The van der Waals surface area contributed by atoms with Crippen molar-refractivity contribution in [2.24, 2.45) is 5.10 Å². The van der Waals surface area contributed by atoms with E-state index in [2.05, 4.69) is 9.93 Å². The van der Waals surface area contributed by atoms with Gasteiger partial charge in [-0.25, -0.2) is 0 Å². The summed E-state index contributed by atoms with van der Waals surface area (Å²) < 4.78 is 30.5. The van der Waals surface area contributed by atoms with Crippen molar-refractivity contribution < 1.29 is 17.8 Å². The second-order valence-electron chi connectivity index (χ2n) is 6.37. The number of hydrogen-bond donors (Lipinski definition) is 1. The molecule has 4 rings (SSSR count). The van der Waals surface area contributed by atoms with Crippen molar-refractivity contribution in [3.63, 3.8) is 0 Å². The lowest BCUT2D eigenvalue weighted by molar-refractivity contribution is -0.384. The summed E-state index contributed by atoms with van der Waals surface area (Å²) in [4.78, 5) is 12.5. The molecule has 9 heteroatoms. The zero-order valence-corrected chi connectivity index (χ0v) is 16.2. The number of sulfonamides is 1. The maximum absolute atomic E-state index is 12.5. The van der Waals surface area contributed by atoms with Gasteiger partial charge in [-0.1, -0.05) is 30.3 Å². The van der Waals surface area contributed by atoms with E-state index in [4.69, 9.17) is 4.42 Å². The van der Waals surface area contributed by atoms with Crippen LogP contribution in [0.15, 0.2) is 93.3 Å². The van der Waals surface area contributed by atoms with Gasteiger partial charge < -0.3 is 4.42 Å². The highest BCUT2D eigenvalue weighted by atomic mass is 32.2. The summed E-state index contributed by atoms with van der Waals surface area (Å²) in [6.45, 7) is 0. The summed E-state index contributed by atoms with van der Waals surface area (Å²) in [5.41, 5.74) is 0.632. The highest BCUT2D eigenvalue weighted by Crippen LogP contribution is 2.24. The quantitative estimate of drug-likeness (QED) is 0.283. The number of nitrogens with one attached hydrogen (secondary N) is 1. The summed E-state index contributed by atoms with van der Waals surface area (Å²) in [6.07, 6.45) is 1.24. The predicted molar refractivity (Wildman–Crippen MR) is 113 cm³/mol. The Hall–Kier alpha value is -3.98. The summed E-state index contributed by atoms with van der Waals surface area (Å²) in [7, 11) is -3.83. The van der Waals surface area contributed by atoms with Crippen molar-refractivity contribution in [3.05, 3.63) is 94.7 Å². The van der Waals surface area contributed by atoms with Crippen LogP contribution < -0.4 is 4.83 Å². The normalized spacial score (nSPS) is 11.7. The third-order valence-electron chi connectivity index (χ3n) is 4.39. The van der Waals surface area contributed by atoms with E-state index in [1.165, 1.54) is 24.4 Å². The number of non-ortho nitro benzene ring substituents is 1. The van der Waals surface area contributed by atoms with Crippen molar-refractivity contribution in [3.8, 4) is 11.3 Å². The maximum Gasteiger partial charge on any atom is 0.276 e. The first-order chi connectivity index (χ1) is 14.4. The number of nitro benzene ring substituents is 1. The Labute approximate surface area is 171 Å². The van der Waals surface area contributed by atoms with Gasteiger partial charge in [-0.3, -0.25) is 10.1 Å². The monoisotopic (exact) mass is 421 g/mol. The van der Waals surface area contributed by atoms with Crippen molar-refractivity contribution in [2.75, 3.05) is 0 Å². The van der Waals surface area contributed by atoms with Gasteiger partial charge in [0.1, 0.15) is 11.5 Å². The first-order valence-electron chi connectivity index (χ1n) is 8.81. The lowest BCUT2D eigenvalue weighted by Crippen LogP contribution is -2.18. The second kappa shape index (κ2) is 7.80. The first-order valence-corrected chi connectivity index (χ1v) is 10.3. The lowest BCUT2D eigenvalue weighted by atomic mass is 10.1. The van der Waals surface area contributed by atoms with Gasteiger partial charge in [0.05, 0.1) is 16.0 Å². The van der Waals surface area contributed by atoms with Crippen molar-refractivity contribution in [2.45, 2.75) is 4.90 Å². The molecule has 1 heterocycles. The number of hydrogen-bond acceptors (Lipinski definition) is 6. The number of furan rings is 1. The lowest BCUT2D eigenvalue weighted by Gasteiger charge is -2.04. The van der Waals surface area contributed by atoms with E-state index in [0.29, 0.717) is 17.1 Å². The molecule has 0 radical (unpaired) electrons. The van der Waals surface area contributed by atoms with Gasteiger partial charge in [0.25, 0.3) is 15.7 Å². The Balaban J connectivity index is 1.48. The van der Waals surface area contributed by atoms with Crippen LogP contribution in [-0.4, -0.2) is 19.6 Å². The minimum atomic E-state index is -3.83. The van der Waals surface area contributed by atoms with Crippen molar-refractivity contribution in [1.82, 2.24) is 4.83 Å². The van der Waals surface area contributed by atoms with E-state index < -0.39 is 14.9 Å². The number of hydrazone groups is 1. The van der Waals surface area contributed by atoms with Gasteiger partial charge >= 0.3 is 0 Å². The third-order valence-corrected chi connectivity index (χ3v) is 5.61. The molecular formula is C21H15N3O5S. The Kier molecular flexibility index (Phi) is 5.03. The molecule has 30 heavy (non-hydrogen) atoms. The van der Waals surface area contributed by atoms with Gasteiger partial charge in [-0.2, -0.15) is 18.4 Å². The topological polar surface area (TPSA) is 115 Å². The molecule has 0 aliphatic rings. The van der Waals surface area contributed by atoms with E-state index >= 15 is 0 Å². The molecule has 0 atom stereocenters. The van der Waals surface area contributed by atoms with Crippen LogP contribution in [0, 0.1) is 10.1 Å². The molecule has 3 aromatic carbocycles. The fourth-order valence-electron chi connectivity index (χ4n) is 2.87. The summed E-state index contributed by atoms with van der Waals surface area (Å²) in [5, 5.41) is 16.2. The zero-order valence-electron chi connectivity index (χ0n) is 15.4. The van der Waals surface area contributed by atoms with Gasteiger partial charge in [0.2, 0.25) is 0 Å². The molecule has 1 aromatic heterocycles. The van der Waals surface area contributed by atoms with Crippen LogP contribution in [0.4, 0.5) is 5.69 Å². The van der Waals surface area contributed by atoms with E-state index in [0.717, 1.165) is 10.8 Å².